The summed E-state index contributed by atoms with van der Waals surface area (Å²) >= 11 is 12.6. The number of allylic oxidation sites excluding steroid dienone is 2. The minimum Gasteiger partial charge on any atom is -0.378 e. The molecule has 0 amide bonds. The maximum Gasteiger partial charge on any atom is 0.269 e. The number of anilines is 1. The third kappa shape index (κ3) is 2.38. The first-order chi connectivity index (χ1) is 11.6. The first kappa shape index (κ1) is 15.5. The van der Waals surface area contributed by atoms with Crippen LogP contribution in [0.25, 0.3) is 0 Å². The summed E-state index contributed by atoms with van der Waals surface area (Å²) in [5.41, 5.74) is 2.97. The Balaban J connectivity index is 1.81. The number of nitrogens with zero attached hydrogens (tertiary/aromatic N) is 1. The zero-order valence-electron chi connectivity index (χ0n) is 12.6. The van der Waals surface area contributed by atoms with E-state index in [1.165, 1.54) is 6.07 Å². The van der Waals surface area contributed by atoms with Crippen LogP contribution in [0.2, 0.25) is 10.0 Å². The van der Waals surface area contributed by atoms with Crippen molar-refractivity contribution >= 4 is 34.6 Å². The molecule has 0 aromatic heterocycles. The van der Waals surface area contributed by atoms with Crippen LogP contribution in [-0.4, -0.2) is 4.92 Å². The molecule has 3 atom stereocenters. The fraction of sp³-hybridized carbons (Fsp3) is 0.222. The van der Waals surface area contributed by atoms with E-state index in [-0.39, 0.29) is 28.5 Å². The second kappa shape index (κ2) is 5.80. The summed E-state index contributed by atoms with van der Waals surface area (Å²) in [7, 11) is 0. The lowest BCUT2D eigenvalue weighted by molar-refractivity contribution is -0.384. The van der Waals surface area contributed by atoms with E-state index in [9.17, 15) is 10.1 Å². The summed E-state index contributed by atoms with van der Waals surface area (Å²) in [4.78, 5) is 10.7. The molecule has 0 radical (unpaired) electrons. The molecule has 2 aliphatic rings. The number of fused-ring (bicyclic) bond motifs is 3. The molecule has 2 aromatic rings. The molecule has 1 aliphatic carbocycles. The molecule has 4 rings (SSSR count). The Labute approximate surface area is 149 Å². The molecule has 24 heavy (non-hydrogen) atoms. The number of nitro groups is 1. The standard InChI is InChI=1S/C18H14Cl2N2O2/c19-15-6-2-5-13(17(15)20)18-12-4-1-3-11(12)14-9-10(22(23)24)7-8-16(14)21-18/h1-3,5-9,11-12,18,21H,4H2/t11-,12+,18-/m0/s1. The van der Waals surface area contributed by atoms with Crippen molar-refractivity contribution in [2.75, 3.05) is 5.32 Å². The zero-order valence-corrected chi connectivity index (χ0v) is 14.1. The van der Waals surface area contributed by atoms with Crippen molar-refractivity contribution in [1.82, 2.24) is 0 Å². The number of rotatable bonds is 2. The lowest BCUT2D eigenvalue weighted by Crippen LogP contribution is -2.29. The van der Waals surface area contributed by atoms with Gasteiger partial charge in [0.15, 0.2) is 0 Å². The lowest BCUT2D eigenvalue weighted by atomic mass is 9.77. The molecule has 1 heterocycles. The highest BCUT2D eigenvalue weighted by atomic mass is 35.5. The molecular weight excluding hydrogens is 347 g/mol. The Morgan fingerprint density at radius 3 is 2.79 bits per heavy atom. The van der Waals surface area contributed by atoms with E-state index in [1.54, 1.807) is 18.2 Å². The van der Waals surface area contributed by atoms with E-state index < -0.39 is 0 Å². The van der Waals surface area contributed by atoms with Gasteiger partial charge in [0.05, 0.1) is 21.0 Å². The molecule has 0 spiro atoms. The van der Waals surface area contributed by atoms with E-state index in [0.717, 1.165) is 23.2 Å². The van der Waals surface area contributed by atoms with Crippen LogP contribution in [0.4, 0.5) is 11.4 Å². The average Bonchev–Trinajstić information content (AvgIpc) is 3.06. The zero-order chi connectivity index (χ0) is 16.8. The van der Waals surface area contributed by atoms with Crippen LogP contribution in [0.15, 0.2) is 48.6 Å². The molecule has 0 saturated heterocycles. The monoisotopic (exact) mass is 360 g/mol. The fourth-order valence-corrected chi connectivity index (χ4v) is 4.19. The highest BCUT2D eigenvalue weighted by Crippen LogP contribution is 2.51. The summed E-state index contributed by atoms with van der Waals surface area (Å²) in [6.07, 6.45) is 5.17. The van der Waals surface area contributed by atoms with Gasteiger partial charge in [0.2, 0.25) is 0 Å². The maximum absolute atomic E-state index is 11.1. The van der Waals surface area contributed by atoms with Gasteiger partial charge in [0.25, 0.3) is 5.69 Å². The smallest absolute Gasteiger partial charge is 0.269 e. The Bertz CT molecular complexity index is 866. The van der Waals surface area contributed by atoms with Crippen molar-refractivity contribution in [3.63, 3.8) is 0 Å². The minimum absolute atomic E-state index is 0.0187. The highest BCUT2D eigenvalue weighted by Gasteiger charge is 2.39. The summed E-state index contributed by atoms with van der Waals surface area (Å²) in [6, 6.07) is 10.7. The number of non-ortho nitro benzene ring substituents is 1. The normalized spacial score (nSPS) is 24.2. The van der Waals surface area contributed by atoms with Crippen LogP contribution in [0.3, 0.4) is 0 Å². The van der Waals surface area contributed by atoms with Crippen LogP contribution < -0.4 is 5.32 Å². The molecular formula is C18H14Cl2N2O2. The Kier molecular flexibility index (Phi) is 3.74. The third-order valence-corrected chi connectivity index (χ3v) is 5.71. The fourth-order valence-electron chi connectivity index (χ4n) is 3.76. The number of benzene rings is 2. The summed E-state index contributed by atoms with van der Waals surface area (Å²) in [6.45, 7) is 0. The predicted octanol–water partition coefficient (Wildman–Crippen LogP) is 5.73. The highest BCUT2D eigenvalue weighted by molar-refractivity contribution is 6.42. The molecule has 0 fully saturated rings. The Morgan fingerprint density at radius 1 is 1.17 bits per heavy atom. The molecule has 4 nitrogen and oxygen atoms in total. The Hall–Kier alpha value is -2.04. The lowest BCUT2D eigenvalue weighted by Gasteiger charge is -2.37. The summed E-state index contributed by atoms with van der Waals surface area (Å²) in [5, 5.41) is 15.7. The second-order valence-corrected chi connectivity index (χ2v) is 6.93. The molecule has 0 saturated carbocycles. The van der Waals surface area contributed by atoms with Gasteiger partial charge in [-0.2, -0.15) is 0 Å². The van der Waals surface area contributed by atoms with E-state index in [4.69, 9.17) is 23.2 Å². The molecule has 0 bridgehead atoms. The molecule has 1 N–H and O–H groups in total. The third-order valence-electron chi connectivity index (χ3n) is 4.87. The average molecular weight is 361 g/mol. The van der Waals surface area contributed by atoms with Crippen LogP contribution in [-0.2, 0) is 0 Å². The second-order valence-electron chi connectivity index (χ2n) is 6.15. The van der Waals surface area contributed by atoms with Crippen molar-refractivity contribution in [2.45, 2.75) is 18.4 Å². The quantitative estimate of drug-likeness (QED) is 0.422. The molecule has 2 aromatic carbocycles. The van der Waals surface area contributed by atoms with Crippen molar-refractivity contribution in [3.8, 4) is 0 Å². The van der Waals surface area contributed by atoms with Crippen LogP contribution in [0.5, 0.6) is 0 Å². The van der Waals surface area contributed by atoms with Gasteiger partial charge in [-0.3, -0.25) is 10.1 Å². The van der Waals surface area contributed by atoms with Gasteiger partial charge in [0.1, 0.15) is 0 Å². The van der Waals surface area contributed by atoms with Gasteiger partial charge in [0, 0.05) is 23.7 Å². The van der Waals surface area contributed by atoms with E-state index in [1.807, 2.05) is 12.1 Å². The van der Waals surface area contributed by atoms with Crippen LogP contribution >= 0.6 is 23.2 Å². The van der Waals surface area contributed by atoms with Crippen molar-refractivity contribution in [3.05, 3.63) is 79.8 Å². The SMILES string of the molecule is O=[N+]([O-])c1ccc2c(c1)[C@H]1C=CC[C@H]1[C@@H](c1cccc(Cl)c1Cl)N2. The van der Waals surface area contributed by atoms with E-state index >= 15 is 0 Å². The Morgan fingerprint density at radius 2 is 2.00 bits per heavy atom. The van der Waals surface area contributed by atoms with Crippen molar-refractivity contribution < 1.29 is 4.92 Å². The van der Waals surface area contributed by atoms with Gasteiger partial charge in [-0.1, -0.05) is 47.5 Å². The van der Waals surface area contributed by atoms with E-state index in [0.29, 0.717) is 10.0 Å². The minimum atomic E-state index is -0.353. The number of nitrogens with one attached hydrogen (secondary N) is 1. The number of hydrogen-bond acceptors (Lipinski definition) is 3. The first-order valence-corrected chi connectivity index (χ1v) is 8.47. The van der Waals surface area contributed by atoms with Gasteiger partial charge in [-0.25, -0.2) is 0 Å². The van der Waals surface area contributed by atoms with E-state index in [2.05, 4.69) is 17.5 Å². The van der Waals surface area contributed by atoms with Crippen LogP contribution in [0, 0.1) is 16.0 Å². The van der Waals surface area contributed by atoms with Gasteiger partial charge in [-0.05, 0) is 35.6 Å². The molecule has 1 aliphatic heterocycles. The van der Waals surface area contributed by atoms with Crippen LogP contribution in [0.1, 0.15) is 29.5 Å². The predicted molar refractivity (Wildman–Crippen MR) is 95.9 cm³/mol. The van der Waals surface area contributed by atoms with Gasteiger partial charge >= 0.3 is 0 Å². The maximum atomic E-state index is 11.1. The molecule has 122 valence electrons. The summed E-state index contributed by atoms with van der Waals surface area (Å²) < 4.78 is 0. The largest absolute Gasteiger partial charge is 0.378 e. The van der Waals surface area contributed by atoms with Crippen molar-refractivity contribution in [2.24, 2.45) is 5.92 Å². The number of halogens is 2. The van der Waals surface area contributed by atoms with Gasteiger partial charge in [-0.15, -0.1) is 0 Å². The topological polar surface area (TPSA) is 55.2 Å². The summed E-state index contributed by atoms with van der Waals surface area (Å²) in [5.74, 6) is 0.400. The first-order valence-electron chi connectivity index (χ1n) is 7.71. The number of hydrogen-bond donors (Lipinski definition) is 1. The molecule has 0 unspecified atom stereocenters. The van der Waals surface area contributed by atoms with Gasteiger partial charge < -0.3 is 5.32 Å². The molecule has 6 heteroatoms. The van der Waals surface area contributed by atoms with Crippen molar-refractivity contribution in [1.29, 1.82) is 0 Å². The number of nitro benzene ring substituents is 1.